The minimum Gasteiger partial charge on any atom is -0.490 e. The second-order valence-electron chi connectivity index (χ2n) is 7.82. The van der Waals surface area contributed by atoms with Gasteiger partial charge in [-0.3, -0.25) is 0 Å². The Morgan fingerprint density at radius 1 is 0.967 bits per heavy atom. The molecule has 0 bridgehead atoms. The van der Waals surface area contributed by atoms with E-state index in [1.807, 2.05) is 41.0 Å². The summed E-state index contributed by atoms with van der Waals surface area (Å²) in [4.78, 5) is 28.3. The van der Waals surface area contributed by atoms with Crippen LogP contribution in [0.4, 0.5) is 0 Å². The zero-order valence-corrected chi connectivity index (χ0v) is 16.7. The molecule has 1 spiro atoms. The van der Waals surface area contributed by atoms with Crippen LogP contribution < -0.4 is 4.74 Å². The third-order valence-electron chi connectivity index (χ3n) is 5.68. The molecule has 0 unspecified atom stereocenters. The molecule has 30 heavy (non-hydrogen) atoms. The summed E-state index contributed by atoms with van der Waals surface area (Å²) >= 11 is 0. The highest BCUT2D eigenvalue weighted by Crippen LogP contribution is 2.34. The fourth-order valence-corrected chi connectivity index (χ4v) is 4.31. The monoisotopic (exact) mass is 406 g/mol. The van der Waals surface area contributed by atoms with Crippen LogP contribution in [-0.2, 0) is 25.6 Å². The van der Waals surface area contributed by atoms with E-state index >= 15 is 0 Å². The lowest BCUT2D eigenvalue weighted by Crippen LogP contribution is -2.44. The number of carbonyl (C=O) groups excluding carboxylic acids is 2. The maximum Gasteiger partial charge on any atom is 0.379 e. The highest BCUT2D eigenvalue weighted by atomic mass is 16.8. The van der Waals surface area contributed by atoms with Crippen molar-refractivity contribution < 1.29 is 23.8 Å². The van der Waals surface area contributed by atoms with Crippen LogP contribution in [0, 0.1) is 0 Å². The van der Waals surface area contributed by atoms with Crippen LogP contribution in [0.3, 0.4) is 0 Å². The highest BCUT2D eigenvalue weighted by molar-refractivity contribution is 6.00. The summed E-state index contributed by atoms with van der Waals surface area (Å²) in [6.45, 7) is 1.89. The molecule has 0 saturated heterocycles. The Morgan fingerprint density at radius 3 is 2.27 bits per heavy atom. The van der Waals surface area contributed by atoms with Crippen LogP contribution in [0.25, 0.3) is 11.3 Å². The van der Waals surface area contributed by atoms with Gasteiger partial charge >= 0.3 is 17.8 Å². The van der Waals surface area contributed by atoms with Crippen molar-refractivity contribution in [3.63, 3.8) is 0 Å². The molecule has 2 aromatic rings. The first-order valence-electron chi connectivity index (χ1n) is 10.2. The minimum atomic E-state index is -1.70. The van der Waals surface area contributed by atoms with Gasteiger partial charge in [0, 0.05) is 17.8 Å². The van der Waals surface area contributed by atoms with Gasteiger partial charge < -0.3 is 18.8 Å². The predicted octanol–water partition coefficient (Wildman–Crippen LogP) is 3.61. The summed E-state index contributed by atoms with van der Waals surface area (Å²) < 4.78 is 18.8. The molecule has 7 nitrogen and oxygen atoms in total. The molecule has 1 aromatic heterocycles. The Hall–Kier alpha value is -3.35. The van der Waals surface area contributed by atoms with E-state index in [9.17, 15) is 9.59 Å². The third kappa shape index (κ3) is 3.40. The molecule has 1 fully saturated rings. The number of hydrogen-bond acceptors (Lipinski definition) is 6. The minimum absolute atomic E-state index is 0.0848. The van der Waals surface area contributed by atoms with Gasteiger partial charge in [0.05, 0.1) is 17.5 Å². The molecule has 0 radical (unpaired) electrons. The van der Waals surface area contributed by atoms with Crippen molar-refractivity contribution in [2.45, 2.75) is 51.2 Å². The van der Waals surface area contributed by atoms with E-state index in [1.165, 1.54) is 12.8 Å². The Morgan fingerprint density at radius 2 is 1.60 bits per heavy atom. The topological polar surface area (TPSA) is 79.1 Å². The first-order valence-corrected chi connectivity index (χ1v) is 10.2. The van der Waals surface area contributed by atoms with Crippen LogP contribution in [0.15, 0.2) is 53.5 Å². The van der Waals surface area contributed by atoms with Crippen LogP contribution in [0.5, 0.6) is 5.75 Å². The summed E-state index contributed by atoms with van der Waals surface area (Å²) in [7, 11) is 0. The number of nitrogens with zero attached hydrogens (tertiary/aromatic N) is 2. The van der Waals surface area contributed by atoms with Crippen molar-refractivity contribution in [2.75, 3.05) is 0 Å². The smallest absolute Gasteiger partial charge is 0.379 e. The van der Waals surface area contributed by atoms with E-state index < -0.39 is 17.8 Å². The molecule has 1 saturated carbocycles. The number of aliphatic imine (C=N–C) groups is 1. The fraction of sp³-hybridized carbons (Fsp3) is 0.348. The normalized spacial score (nSPS) is 20.4. The van der Waals surface area contributed by atoms with E-state index in [-0.39, 0.29) is 6.54 Å². The summed E-state index contributed by atoms with van der Waals surface area (Å²) in [5.74, 6) is -2.16. The van der Waals surface area contributed by atoms with Gasteiger partial charge in [-0.25, -0.2) is 14.6 Å². The van der Waals surface area contributed by atoms with E-state index in [1.54, 1.807) is 6.92 Å². The summed E-state index contributed by atoms with van der Waals surface area (Å²) in [5, 5.41) is 0. The summed E-state index contributed by atoms with van der Waals surface area (Å²) in [6.07, 6.45) is 7.10. The molecule has 0 amide bonds. The number of ether oxygens (including phenoxy) is 3. The van der Waals surface area contributed by atoms with Gasteiger partial charge in [0.1, 0.15) is 12.3 Å². The van der Waals surface area contributed by atoms with Gasteiger partial charge in [-0.1, -0.05) is 0 Å². The van der Waals surface area contributed by atoms with Crippen LogP contribution in [-0.4, -0.2) is 34.2 Å². The van der Waals surface area contributed by atoms with Crippen molar-refractivity contribution in [3.8, 4) is 17.0 Å². The zero-order valence-electron chi connectivity index (χ0n) is 16.7. The largest absolute Gasteiger partial charge is 0.490 e. The van der Waals surface area contributed by atoms with Crippen LogP contribution in [0.1, 0.15) is 38.3 Å². The van der Waals surface area contributed by atoms with Crippen LogP contribution in [0.2, 0.25) is 0 Å². The first kappa shape index (κ1) is 18.7. The molecule has 5 rings (SSSR count). The van der Waals surface area contributed by atoms with Crippen molar-refractivity contribution in [1.82, 2.24) is 4.57 Å². The van der Waals surface area contributed by atoms with Gasteiger partial charge in [-0.05, 0) is 74.6 Å². The maximum atomic E-state index is 12.0. The number of fused-ring (bicyclic) bond motifs is 1. The quantitative estimate of drug-likeness (QED) is 0.728. The molecule has 154 valence electrons. The van der Waals surface area contributed by atoms with E-state index in [4.69, 9.17) is 14.2 Å². The third-order valence-corrected chi connectivity index (χ3v) is 5.68. The fourth-order valence-electron chi connectivity index (χ4n) is 4.31. The van der Waals surface area contributed by atoms with Crippen molar-refractivity contribution >= 4 is 17.7 Å². The Labute approximate surface area is 174 Å². The highest BCUT2D eigenvalue weighted by Gasteiger charge is 2.44. The van der Waals surface area contributed by atoms with Gasteiger partial charge in [-0.2, -0.15) is 0 Å². The SMILES string of the molecule is CC1=NC2(Cn3c1ccc3-c1ccc(OC3CCCC3)cc1)OC(=O)C=CC(=O)O2. The number of rotatable bonds is 3. The van der Waals surface area contributed by atoms with E-state index in [2.05, 4.69) is 4.99 Å². The number of hydrogen-bond donors (Lipinski definition) is 0. The molecule has 1 aromatic carbocycles. The van der Waals surface area contributed by atoms with Crippen LogP contribution >= 0.6 is 0 Å². The Bertz CT molecular complexity index is 1040. The molecule has 0 atom stereocenters. The molecule has 2 aliphatic heterocycles. The number of benzene rings is 1. The average Bonchev–Trinajstić information content (AvgIpc) is 3.34. The molecule has 7 heteroatoms. The molecule has 0 N–H and O–H groups in total. The second-order valence-corrected chi connectivity index (χ2v) is 7.82. The second kappa shape index (κ2) is 7.16. The number of aromatic nitrogens is 1. The first-order chi connectivity index (χ1) is 14.5. The van der Waals surface area contributed by atoms with E-state index in [0.717, 1.165) is 47.7 Å². The van der Waals surface area contributed by atoms with Gasteiger partial charge in [0.25, 0.3) is 0 Å². The Kier molecular flexibility index (Phi) is 4.46. The van der Waals surface area contributed by atoms with E-state index in [0.29, 0.717) is 11.8 Å². The summed E-state index contributed by atoms with van der Waals surface area (Å²) in [6, 6.07) is 11.9. The molecule has 1 aliphatic carbocycles. The van der Waals surface area contributed by atoms with Crippen molar-refractivity contribution in [2.24, 2.45) is 4.99 Å². The Balaban J connectivity index is 1.44. The lowest BCUT2D eigenvalue weighted by molar-refractivity contribution is -0.222. The van der Waals surface area contributed by atoms with Crippen molar-refractivity contribution in [3.05, 3.63) is 54.2 Å². The molecular weight excluding hydrogens is 384 g/mol. The van der Waals surface area contributed by atoms with Gasteiger partial charge in [0.15, 0.2) is 0 Å². The van der Waals surface area contributed by atoms with Gasteiger partial charge in [0.2, 0.25) is 0 Å². The number of carbonyl (C=O) groups is 2. The molecule has 3 aliphatic rings. The molecular formula is C23H22N2O5. The lowest BCUT2D eigenvalue weighted by Gasteiger charge is -2.32. The van der Waals surface area contributed by atoms with Gasteiger partial charge in [-0.15, -0.1) is 0 Å². The predicted molar refractivity (Wildman–Crippen MR) is 109 cm³/mol. The van der Waals surface area contributed by atoms with Crippen molar-refractivity contribution in [1.29, 1.82) is 0 Å². The number of esters is 2. The average molecular weight is 406 g/mol. The lowest BCUT2D eigenvalue weighted by atomic mass is 10.1. The molecule has 3 heterocycles. The maximum absolute atomic E-state index is 12.0. The summed E-state index contributed by atoms with van der Waals surface area (Å²) in [5.41, 5.74) is 3.40. The standard InChI is InChI=1S/C23H22N2O5/c1-15-19-10-11-20(16-6-8-18(9-7-16)28-17-4-2-3-5-17)25(19)14-23(24-15)29-21(26)12-13-22(27)30-23/h6-13,17H,2-5,14H2,1H3. The zero-order chi connectivity index (χ0) is 20.7.